The molecule has 1 aromatic carbocycles. The van der Waals surface area contributed by atoms with E-state index in [1.807, 2.05) is 0 Å². The van der Waals surface area contributed by atoms with E-state index in [1.165, 1.54) is 18.2 Å². The van der Waals surface area contributed by atoms with Crippen LogP contribution in [0.5, 0.6) is 0 Å². The van der Waals surface area contributed by atoms with Crippen molar-refractivity contribution in [3.63, 3.8) is 0 Å². The Labute approximate surface area is 128 Å². The highest BCUT2D eigenvalue weighted by molar-refractivity contribution is 7.89. The molecule has 0 aliphatic carbocycles. The van der Waals surface area contributed by atoms with Gasteiger partial charge in [0.2, 0.25) is 10.0 Å². The van der Waals surface area contributed by atoms with Crippen LogP contribution < -0.4 is 0 Å². The molecule has 8 heteroatoms. The molecular formula is C13H16ClNO5S. The van der Waals surface area contributed by atoms with Gasteiger partial charge in [0.05, 0.1) is 18.2 Å². The molecule has 0 heterocycles. The quantitative estimate of drug-likeness (QED) is 0.619. The van der Waals surface area contributed by atoms with E-state index in [-0.39, 0.29) is 42.8 Å². The van der Waals surface area contributed by atoms with Crippen LogP contribution in [0.15, 0.2) is 23.1 Å². The van der Waals surface area contributed by atoms with Crippen molar-refractivity contribution in [3.8, 4) is 11.8 Å². The minimum atomic E-state index is -3.91. The molecular weight excluding hydrogens is 318 g/mol. The van der Waals surface area contributed by atoms with Gasteiger partial charge in [-0.1, -0.05) is 23.4 Å². The van der Waals surface area contributed by atoms with E-state index in [2.05, 4.69) is 11.8 Å². The van der Waals surface area contributed by atoms with Gasteiger partial charge in [-0.3, -0.25) is 0 Å². The van der Waals surface area contributed by atoms with Gasteiger partial charge in [0, 0.05) is 18.7 Å². The van der Waals surface area contributed by atoms with Crippen LogP contribution in [0.3, 0.4) is 0 Å². The maximum absolute atomic E-state index is 12.4. The zero-order chi connectivity index (χ0) is 15.9. The number of halogens is 1. The summed E-state index contributed by atoms with van der Waals surface area (Å²) in [5.74, 6) is 5.05. The highest BCUT2D eigenvalue weighted by atomic mass is 35.5. The zero-order valence-electron chi connectivity index (χ0n) is 11.2. The van der Waals surface area contributed by atoms with Gasteiger partial charge in [-0.15, -0.1) is 0 Å². The highest BCUT2D eigenvalue weighted by Gasteiger charge is 2.26. The fourth-order valence-electron chi connectivity index (χ4n) is 1.64. The SMILES string of the molecule is O=S(=O)(c1ccc(C#CCO)cc1Cl)N(CCO)CCO. The van der Waals surface area contributed by atoms with Crippen LogP contribution in [-0.4, -0.2) is 61.0 Å². The summed E-state index contributed by atoms with van der Waals surface area (Å²) < 4.78 is 25.8. The number of rotatable bonds is 6. The van der Waals surface area contributed by atoms with E-state index < -0.39 is 10.0 Å². The predicted octanol–water partition coefficient (Wildman–Crippen LogP) is -0.341. The van der Waals surface area contributed by atoms with Crippen LogP contribution in [0.4, 0.5) is 0 Å². The first-order chi connectivity index (χ1) is 9.97. The van der Waals surface area contributed by atoms with Crippen LogP contribution >= 0.6 is 11.6 Å². The standard InChI is InChI=1S/C13H16ClNO5S/c14-12-10-11(2-1-7-16)3-4-13(12)21(19,20)15(5-8-17)6-9-18/h3-4,10,16-18H,5-9H2. The first-order valence-electron chi connectivity index (χ1n) is 6.08. The minimum absolute atomic E-state index is 0.0133. The molecule has 0 aromatic heterocycles. The molecule has 0 aliphatic rings. The zero-order valence-corrected chi connectivity index (χ0v) is 12.7. The number of aliphatic hydroxyl groups is 3. The molecule has 0 amide bonds. The average Bonchev–Trinajstić information content (AvgIpc) is 2.44. The topological polar surface area (TPSA) is 98.1 Å². The van der Waals surface area contributed by atoms with Gasteiger partial charge < -0.3 is 15.3 Å². The average molecular weight is 334 g/mol. The molecule has 116 valence electrons. The Morgan fingerprint density at radius 2 is 1.76 bits per heavy atom. The van der Waals surface area contributed by atoms with Crippen LogP contribution in [0, 0.1) is 11.8 Å². The van der Waals surface area contributed by atoms with Gasteiger partial charge in [-0.05, 0) is 18.2 Å². The van der Waals surface area contributed by atoms with E-state index >= 15 is 0 Å². The first kappa shape index (κ1) is 17.9. The van der Waals surface area contributed by atoms with Crippen molar-refractivity contribution in [2.75, 3.05) is 32.9 Å². The van der Waals surface area contributed by atoms with Crippen molar-refractivity contribution in [2.45, 2.75) is 4.90 Å². The van der Waals surface area contributed by atoms with Crippen molar-refractivity contribution in [2.24, 2.45) is 0 Å². The van der Waals surface area contributed by atoms with Gasteiger partial charge in [0.15, 0.2) is 0 Å². The van der Waals surface area contributed by atoms with E-state index in [9.17, 15) is 8.42 Å². The Morgan fingerprint density at radius 1 is 1.14 bits per heavy atom. The third-order valence-corrected chi connectivity index (χ3v) is 4.94. The Balaban J connectivity index is 3.18. The van der Waals surface area contributed by atoms with Crippen LogP contribution in [0.1, 0.15) is 5.56 Å². The Morgan fingerprint density at radius 3 is 2.24 bits per heavy atom. The lowest BCUT2D eigenvalue weighted by Gasteiger charge is -2.20. The number of nitrogens with zero attached hydrogens (tertiary/aromatic N) is 1. The van der Waals surface area contributed by atoms with Crippen molar-refractivity contribution in [1.82, 2.24) is 4.31 Å². The summed E-state index contributed by atoms with van der Waals surface area (Å²) in [6, 6.07) is 4.16. The number of sulfonamides is 1. The molecule has 0 atom stereocenters. The summed E-state index contributed by atoms with van der Waals surface area (Å²) in [4.78, 5) is -0.124. The molecule has 0 fully saturated rings. The van der Waals surface area contributed by atoms with Gasteiger partial charge >= 0.3 is 0 Å². The number of hydrogen-bond acceptors (Lipinski definition) is 5. The molecule has 0 saturated heterocycles. The fourth-order valence-corrected chi connectivity index (χ4v) is 3.58. The molecule has 21 heavy (non-hydrogen) atoms. The second-order valence-electron chi connectivity index (χ2n) is 3.96. The summed E-state index contributed by atoms with van der Waals surface area (Å²) in [6.07, 6.45) is 0. The summed E-state index contributed by atoms with van der Waals surface area (Å²) in [7, 11) is -3.91. The lowest BCUT2D eigenvalue weighted by molar-refractivity contribution is 0.217. The Hall–Kier alpha value is -1.14. The minimum Gasteiger partial charge on any atom is -0.395 e. The maximum Gasteiger partial charge on any atom is 0.244 e. The summed E-state index contributed by atoms with van der Waals surface area (Å²) in [5, 5.41) is 26.4. The summed E-state index contributed by atoms with van der Waals surface area (Å²) >= 11 is 5.98. The highest BCUT2D eigenvalue weighted by Crippen LogP contribution is 2.25. The lowest BCUT2D eigenvalue weighted by Crippen LogP contribution is -2.36. The van der Waals surface area contributed by atoms with E-state index in [1.54, 1.807) is 0 Å². The molecule has 6 nitrogen and oxygen atoms in total. The Kier molecular flexibility index (Phi) is 7.11. The molecule has 3 N–H and O–H groups in total. The van der Waals surface area contributed by atoms with Crippen molar-refractivity contribution in [3.05, 3.63) is 28.8 Å². The van der Waals surface area contributed by atoms with Crippen LogP contribution in [-0.2, 0) is 10.0 Å². The van der Waals surface area contributed by atoms with Gasteiger partial charge in [-0.25, -0.2) is 8.42 Å². The van der Waals surface area contributed by atoms with Gasteiger partial charge in [-0.2, -0.15) is 4.31 Å². The number of hydrogen-bond donors (Lipinski definition) is 3. The molecule has 1 aromatic rings. The molecule has 0 unspecified atom stereocenters. The maximum atomic E-state index is 12.4. The third-order valence-electron chi connectivity index (χ3n) is 2.56. The second kappa shape index (κ2) is 8.34. The van der Waals surface area contributed by atoms with E-state index in [0.29, 0.717) is 5.56 Å². The molecule has 0 spiro atoms. The smallest absolute Gasteiger partial charge is 0.244 e. The summed E-state index contributed by atoms with van der Waals surface area (Å²) in [6.45, 7) is -1.30. The monoisotopic (exact) mass is 333 g/mol. The Bertz CT molecular complexity index is 630. The number of aliphatic hydroxyl groups excluding tert-OH is 3. The van der Waals surface area contributed by atoms with Crippen molar-refractivity contribution in [1.29, 1.82) is 0 Å². The van der Waals surface area contributed by atoms with Gasteiger partial charge in [0.25, 0.3) is 0 Å². The first-order valence-corrected chi connectivity index (χ1v) is 7.90. The fraction of sp³-hybridized carbons (Fsp3) is 0.385. The lowest BCUT2D eigenvalue weighted by atomic mass is 10.2. The largest absolute Gasteiger partial charge is 0.395 e. The molecule has 0 aliphatic heterocycles. The summed E-state index contributed by atoms with van der Waals surface area (Å²) in [5.41, 5.74) is 0.476. The van der Waals surface area contributed by atoms with Crippen molar-refractivity contribution < 1.29 is 23.7 Å². The van der Waals surface area contributed by atoms with E-state index in [4.69, 9.17) is 26.9 Å². The van der Waals surface area contributed by atoms with E-state index in [0.717, 1.165) is 4.31 Å². The molecule has 1 rings (SSSR count). The van der Waals surface area contributed by atoms with Gasteiger partial charge in [0.1, 0.15) is 11.5 Å². The number of benzene rings is 1. The molecule has 0 saturated carbocycles. The molecule has 0 bridgehead atoms. The van der Waals surface area contributed by atoms with Crippen LogP contribution in [0.25, 0.3) is 0 Å². The van der Waals surface area contributed by atoms with Crippen molar-refractivity contribution >= 4 is 21.6 Å². The van der Waals surface area contributed by atoms with Crippen LogP contribution in [0.2, 0.25) is 5.02 Å². The predicted molar refractivity (Wildman–Crippen MR) is 78.3 cm³/mol. The normalized spacial score (nSPS) is 11.3. The second-order valence-corrected chi connectivity index (χ2v) is 6.27. The third kappa shape index (κ3) is 4.68. The molecule has 0 radical (unpaired) electrons.